The Morgan fingerprint density at radius 1 is 1.83 bits per heavy atom. The third-order valence-corrected chi connectivity index (χ3v) is 0.878. The monoisotopic (exact) mass is 103 g/mol. The standard InChI is InChI=1S/C4H10NP/c1-2-3-4-6-5/h3-4,6H,2,5H2,1H3/b4-3-. The van der Waals surface area contributed by atoms with Crippen molar-refractivity contribution in [2.24, 2.45) is 5.50 Å². The van der Waals surface area contributed by atoms with E-state index in [1.807, 2.05) is 5.82 Å². The topological polar surface area (TPSA) is 26.0 Å². The smallest absolute Gasteiger partial charge is 0.0329 e. The second kappa shape index (κ2) is 5.13. The highest BCUT2D eigenvalue weighted by Crippen LogP contribution is 1.96. The van der Waals surface area contributed by atoms with Gasteiger partial charge in [-0.1, -0.05) is 18.8 Å². The van der Waals surface area contributed by atoms with Gasteiger partial charge in [-0.2, -0.15) is 0 Å². The molecule has 1 unspecified atom stereocenters. The van der Waals surface area contributed by atoms with Gasteiger partial charge in [0.15, 0.2) is 0 Å². The molecule has 0 bridgehead atoms. The maximum absolute atomic E-state index is 5.16. The van der Waals surface area contributed by atoms with Crippen LogP contribution in [-0.4, -0.2) is 0 Å². The van der Waals surface area contributed by atoms with Crippen molar-refractivity contribution in [1.82, 2.24) is 0 Å². The highest BCUT2D eigenvalue weighted by atomic mass is 31.1. The van der Waals surface area contributed by atoms with Crippen LogP contribution in [0.3, 0.4) is 0 Å². The summed E-state index contributed by atoms with van der Waals surface area (Å²) in [4.78, 5) is 0. The van der Waals surface area contributed by atoms with Crippen LogP contribution in [0, 0.1) is 0 Å². The minimum atomic E-state index is 0.484. The van der Waals surface area contributed by atoms with E-state index >= 15 is 0 Å². The Bertz CT molecular complexity index is 36.8. The van der Waals surface area contributed by atoms with Gasteiger partial charge in [0.25, 0.3) is 0 Å². The first-order valence-electron chi connectivity index (χ1n) is 2.03. The van der Waals surface area contributed by atoms with Crippen LogP contribution in [0.1, 0.15) is 13.3 Å². The first-order chi connectivity index (χ1) is 2.91. The van der Waals surface area contributed by atoms with E-state index in [2.05, 4.69) is 13.0 Å². The summed E-state index contributed by atoms with van der Waals surface area (Å²) in [6.45, 7) is 2.09. The second-order valence-corrected chi connectivity index (χ2v) is 1.64. The van der Waals surface area contributed by atoms with Crippen molar-refractivity contribution < 1.29 is 0 Å². The lowest BCUT2D eigenvalue weighted by atomic mass is 10.5. The summed E-state index contributed by atoms with van der Waals surface area (Å²) in [6, 6.07) is 0. The Kier molecular flexibility index (Phi) is 5.24. The maximum atomic E-state index is 5.16. The minimum absolute atomic E-state index is 0.484. The fourth-order valence-corrected chi connectivity index (χ4v) is 0.558. The van der Waals surface area contributed by atoms with E-state index in [1.165, 1.54) is 0 Å². The Morgan fingerprint density at radius 3 is 2.67 bits per heavy atom. The SMILES string of the molecule is CC/C=C\PN. The quantitative estimate of drug-likeness (QED) is 0.526. The Hall–Kier alpha value is 0.130. The lowest BCUT2D eigenvalue weighted by Gasteiger charge is -1.73. The maximum Gasteiger partial charge on any atom is -0.0329 e. The molecule has 0 saturated heterocycles. The molecule has 0 aliphatic carbocycles. The molecule has 0 aromatic heterocycles. The molecule has 0 aromatic rings. The van der Waals surface area contributed by atoms with Gasteiger partial charge < -0.3 is 5.50 Å². The number of nitrogens with two attached hydrogens (primary N) is 1. The summed E-state index contributed by atoms with van der Waals surface area (Å²) >= 11 is 0. The van der Waals surface area contributed by atoms with E-state index < -0.39 is 0 Å². The first-order valence-corrected chi connectivity index (χ1v) is 3.18. The van der Waals surface area contributed by atoms with Crippen molar-refractivity contribution in [1.29, 1.82) is 0 Å². The van der Waals surface area contributed by atoms with Gasteiger partial charge in [-0.25, -0.2) is 0 Å². The fourth-order valence-electron chi connectivity index (χ4n) is 0.186. The van der Waals surface area contributed by atoms with Gasteiger partial charge in [-0.05, 0) is 15.2 Å². The van der Waals surface area contributed by atoms with Crippen molar-refractivity contribution in [2.45, 2.75) is 13.3 Å². The lowest BCUT2D eigenvalue weighted by Crippen LogP contribution is -1.62. The summed E-state index contributed by atoms with van der Waals surface area (Å²) in [5.74, 6) is 1.99. The lowest BCUT2D eigenvalue weighted by molar-refractivity contribution is 1.23. The van der Waals surface area contributed by atoms with E-state index in [0.717, 1.165) is 6.42 Å². The summed E-state index contributed by atoms with van der Waals surface area (Å²) in [7, 11) is 0.484. The predicted molar refractivity (Wildman–Crippen MR) is 31.9 cm³/mol. The van der Waals surface area contributed by atoms with Gasteiger partial charge in [0.2, 0.25) is 0 Å². The van der Waals surface area contributed by atoms with Crippen LogP contribution in [0.4, 0.5) is 0 Å². The third kappa shape index (κ3) is 4.13. The van der Waals surface area contributed by atoms with Crippen LogP contribution in [0.25, 0.3) is 0 Å². The zero-order valence-corrected chi connectivity index (χ0v) is 4.94. The molecule has 2 N–H and O–H groups in total. The zero-order valence-electron chi connectivity index (χ0n) is 3.94. The molecule has 0 aliphatic heterocycles. The largest absolute Gasteiger partial charge is 0.309 e. The molecule has 0 rings (SSSR count). The van der Waals surface area contributed by atoms with Crippen molar-refractivity contribution in [3.8, 4) is 0 Å². The Labute approximate surface area is 40.5 Å². The number of hydrogen-bond acceptors (Lipinski definition) is 1. The number of hydrogen-bond donors (Lipinski definition) is 1. The summed E-state index contributed by atoms with van der Waals surface area (Å²) < 4.78 is 0. The predicted octanol–water partition coefficient (Wildman–Crippen LogP) is 1.46. The van der Waals surface area contributed by atoms with Gasteiger partial charge in [-0.15, -0.1) is 0 Å². The van der Waals surface area contributed by atoms with E-state index in [1.54, 1.807) is 0 Å². The van der Waals surface area contributed by atoms with Crippen LogP contribution in [-0.2, 0) is 0 Å². The molecular weight excluding hydrogens is 93.0 g/mol. The highest BCUT2D eigenvalue weighted by Gasteiger charge is 1.59. The van der Waals surface area contributed by atoms with Gasteiger partial charge >= 0.3 is 0 Å². The van der Waals surface area contributed by atoms with Gasteiger partial charge in [0.05, 0.1) is 0 Å². The summed E-state index contributed by atoms with van der Waals surface area (Å²) in [6.07, 6.45) is 3.17. The van der Waals surface area contributed by atoms with Crippen LogP contribution < -0.4 is 5.50 Å². The van der Waals surface area contributed by atoms with Crippen molar-refractivity contribution in [2.75, 3.05) is 0 Å². The molecule has 36 valence electrons. The molecule has 1 atom stereocenters. The van der Waals surface area contributed by atoms with Gasteiger partial charge in [0.1, 0.15) is 0 Å². The van der Waals surface area contributed by atoms with Crippen molar-refractivity contribution in [3.05, 3.63) is 11.9 Å². The van der Waals surface area contributed by atoms with Crippen LogP contribution in [0.2, 0.25) is 0 Å². The van der Waals surface area contributed by atoms with E-state index in [-0.39, 0.29) is 0 Å². The zero-order chi connectivity index (χ0) is 4.83. The molecule has 0 radical (unpaired) electrons. The molecule has 6 heavy (non-hydrogen) atoms. The number of rotatable bonds is 2. The van der Waals surface area contributed by atoms with E-state index in [9.17, 15) is 0 Å². The first kappa shape index (κ1) is 6.13. The molecule has 0 heterocycles. The molecule has 1 nitrogen and oxygen atoms in total. The van der Waals surface area contributed by atoms with Gasteiger partial charge in [0, 0.05) is 0 Å². The molecule has 0 fully saturated rings. The second-order valence-electron chi connectivity index (χ2n) is 0.977. The van der Waals surface area contributed by atoms with Crippen molar-refractivity contribution in [3.63, 3.8) is 0 Å². The Balaban J connectivity index is 2.73. The van der Waals surface area contributed by atoms with E-state index in [4.69, 9.17) is 5.50 Å². The van der Waals surface area contributed by atoms with Crippen LogP contribution in [0.15, 0.2) is 11.9 Å². The molecule has 0 aliphatic rings. The minimum Gasteiger partial charge on any atom is -0.309 e. The normalized spacial score (nSPS) is 12.3. The van der Waals surface area contributed by atoms with Crippen molar-refractivity contribution >= 4 is 8.73 Å². The molecule has 2 heteroatoms. The summed E-state index contributed by atoms with van der Waals surface area (Å²) in [5, 5.41) is 0. The van der Waals surface area contributed by atoms with Crippen LogP contribution >= 0.6 is 8.73 Å². The molecule has 0 aromatic carbocycles. The van der Waals surface area contributed by atoms with Crippen LogP contribution in [0.5, 0.6) is 0 Å². The fraction of sp³-hybridized carbons (Fsp3) is 0.500. The summed E-state index contributed by atoms with van der Waals surface area (Å²) in [5.41, 5.74) is 5.16. The highest BCUT2D eigenvalue weighted by molar-refractivity contribution is 7.38. The third-order valence-electron chi connectivity index (χ3n) is 0.450. The molecule has 0 spiro atoms. The molecular formula is C4H10NP. The number of allylic oxidation sites excluding steroid dienone is 1. The van der Waals surface area contributed by atoms with Gasteiger partial charge in [-0.3, -0.25) is 0 Å². The average Bonchev–Trinajstić information content (AvgIpc) is 1.61. The molecule has 0 amide bonds. The average molecular weight is 103 g/mol. The Morgan fingerprint density at radius 2 is 2.50 bits per heavy atom. The van der Waals surface area contributed by atoms with E-state index in [0.29, 0.717) is 8.73 Å². The molecule has 0 saturated carbocycles.